The van der Waals surface area contributed by atoms with Crippen molar-refractivity contribution in [1.82, 2.24) is 4.98 Å². The molecule has 110 valence electrons. The molecule has 0 spiro atoms. The first-order valence-electron chi connectivity index (χ1n) is 5.96. The number of rotatable bonds is 4. The molecular weight excluding hydrogens is 285 g/mol. The van der Waals surface area contributed by atoms with E-state index in [-0.39, 0.29) is 23.4 Å². The number of aromatic carboxylic acids is 1. The zero-order valence-electron chi connectivity index (χ0n) is 10.7. The van der Waals surface area contributed by atoms with Crippen molar-refractivity contribution in [2.24, 2.45) is 0 Å². The van der Waals surface area contributed by atoms with E-state index in [4.69, 9.17) is 5.11 Å². The van der Waals surface area contributed by atoms with Crippen molar-refractivity contribution in [3.8, 4) is 0 Å². The summed E-state index contributed by atoms with van der Waals surface area (Å²) in [4.78, 5) is 14.7. The third-order valence-corrected chi connectivity index (χ3v) is 2.84. The molecule has 0 aliphatic heterocycles. The largest absolute Gasteiger partial charge is 0.478 e. The first kappa shape index (κ1) is 14.8. The average Bonchev–Trinajstić information content (AvgIpc) is 2.44. The van der Waals surface area contributed by atoms with E-state index in [1.54, 1.807) is 0 Å². The van der Waals surface area contributed by atoms with Gasteiger partial charge in [-0.3, -0.25) is 4.98 Å². The minimum Gasteiger partial charge on any atom is -0.478 e. The van der Waals surface area contributed by atoms with E-state index in [0.717, 1.165) is 12.3 Å². The van der Waals surface area contributed by atoms with Crippen molar-refractivity contribution in [3.05, 3.63) is 59.4 Å². The number of carbonyl (C=O) groups is 1. The third-order valence-electron chi connectivity index (χ3n) is 2.84. The van der Waals surface area contributed by atoms with Crippen molar-refractivity contribution < 1.29 is 23.1 Å². The highest BCUT2D eigenvalue weighted by molar-refractivity contribution is 5.93. The van der Waals surface area contributed by atoms with Gasteiger partial charge in [0.15, 0.2) is 0 Å². The smallest absolute Gasteiger partial charge is 0.416 e. The number of pyridine rings is 1. The number of anilines is 1. The Balaban J connectivity index is 2.24. The van der Waals surface area contributed by atoms with Crippen molar-refractivity contribution in [2.75, 3.05) is 5.32 Å². The van der Waals surface area contributed by atoms with Crippen LogP contribution in [0.3, 0.4) is 0 Å². The Morgan fingerprint density at radius 2 is 1.95 bits per heavy atom. The molecule has 0 fully saturated rings. The van der Waals surface area contributed by atoms with Crippen LogP contribution in [0.1, 0.15) is 21.5 Å². The maximum atomic E-state index is 12.8. The molecule has 1 heterocycles. The van der Waals surface area contributed by atoms with E-state index in [2.05, 4.69) is 10.3 Å². The molecule has 4 nitrogen and oxygen atoms in total. The number of carboxylic acid groups (broad SMARTS) is 1. The number of hydrogen-bond acceptors (Lipinski definition) is 3. The molecule has 0 bridgehead atoms. The lowest BCUT2D eigenvalue weighted by atomic mass is 10.1. The van der Waals surface area contributed by atoms with E-state index in [0.29, 0.717) is 0 Å². The van der Waals surface area contributed by atoms with Crippen molar-refractivity contribution in [3.63, 3.8) is 0 Å². The SMILES string of the molecule is O=C(O)c1cnccc1NCc1ccccc1C(F)(F)F. The monoisotopic (exact) mass is 296 g/mol. The number of hydrogen-bond donors (Lipinski definition) is 2. The molecule has 7 heteroatoms. The molecule has 0 saturated heterocycles. The minimum atomic E-state index is -4.45. The van der Waals surface area contributed by atoms with Gasteiger partial charge in [0, 0.05) is 18.9 Å². The second kappa shape index (κ2) is 5.82. The van der Waals surface area contributed by atoms with Crippen LogP contribution in [0.4, 0.5) is 18.9 Å². The van der Waals surface area contributed by atoms with Crippen LogP contribution in [0.25, 0.3) is 0 Å². The van der Waals surface area contributed by atoms with Gasteiger partial charge >= 0.3 is 12.1 Å². The van der Waals surface area contributed by atoms with Crippen molar-refractivity contribution in [1.29, 1.82) is 0 Å². The van der Waals surface area contributed by atoms with Crippen LogP contribution in [0.2, 0.25) is 0 Å². The molecule has 0 unspecified atom stereocenters. The normalized spacial score (nSPS) is 11.2. The average molecular weight is 296 g/mol. The number of halogens is 3. The molecule has 2 rings (SSSR count). The summed E-state index contributed by atoms with van der Waals surface area (Å²) in [5.74, 6) is -1.20. The predicted octanol–water partition coefficient (Wildman–Crippen LogP) is 3.41. The lowest BCUT2D eigenvalue weighted by Gasteiger charge is -2.14. The molecule has 0 amide bonds. The van der Waals surface area contributed by atoms with Crippen LogP contribution in [-0.2, 0) is 12.7 Å². The van der Waals surface area contributed by atoms with Crippen LogP contribution < -0.4 is 5.32 Å². The summed E-state index contributed by atoms with van der Waals surface area (Å²) in [6, 6.07) is 6.54. The van der Waals surface area contributed by atoms with Crippen LogP contribution in [0.15, 0.2) is 42.7 Å². The number of aromatic nitrogens is 1. The Hall–Kier alpha value is -2.57. The summed E-state index contributed by atoms with van der Waals surface area (Å²) < 4.78 is 38.5. The summed E-state index contributed by atoms with van der Waals surface area (Å²) in [5.41, 5.74) is -0.585. The summed E-state index contributed by atoms with van der Waals surface area (Å²) in [5, 5.41) is 11.7. The molecule has 1 aromatic heterocycles. The molecule has 0 atom stereocenters. The maximum absolute atomic E-state index is 12.8. The van der Waals surface area contributed by atoms with Gasteiger partial charge in [0.2, 0.25) is 0 Å². The van der Waals surface area contributed by atoms with Crippen LogP contribution >= 0.6 is 0 Å². The number of nitrogens with one attached hydrogen (secondary N) is 1. The lowest BCUT2D eigenvalue weighted by Crippen LogP contribution is -2.13. The topological polar surface area (TPSA) is 62.2 Å². The zero-order chi connectivity index (χ0) is 15.5. The molecule has 0 aliphatic rings. The summed E-state index contributed by atoms with van der Waals surface area (Å²) in [6.07, 6.45) is -1.95. The highest BCUT2D eigenvalue weighted by Crippen LogP contribution is 2.32. The van der Waals surface area contributed by atoms with Crippen LogP contribution in [0.5, 0.6) is 0 Å². The van der Waals surface area contributed by atoms with Crippen LogP contribution in [0, 0.1) is 0 Å². The van der Waals surface area contributed by atoms with Crippen molar-refractivity contribution >= 4 is 11.7 Å². The number of benzene rings is 1. The molecule has 1 aromatic carbocycles. The number of carboxylic acids is 1. The number of nitrogens with zero attached hydrogens (tertiary/aromatic N) is 1. The van der Waals surface area contributed by atoms with E-state index in [1.807, 2.05) is 0 Å². The molecule has 0 aliphatic carbocycles. The first-order chi connectivity index (χ1) is 9.89. The molecule has 2 aromatic rings. The third kappa shape index (κ3) is 3.50. The number of alkyl halides is 3. The van der Waals surface area contributed by atoms with Crippen molar-refractivity contribution in [2.45, 2.75) is 12.7 Å². The Labute approximate surface area is 118 Å². The quantitative estimate of drug-likeness (QED) is 0.907. The summed E-state index contributed by atoms with van der Waals surface area (Å²) in [7, 11) is 0. The van der Waals surface area contributed by atoms with E-state index in [1.165, 1.54) is 30.5 Å². The van der Waals surface area contributed by atoms with E-state index < -0.39 is 17.7 Å². The lowest BCUT2D eigenvalue weighted by molar-refractivity contribution is -0.138. The van der Waals surface area contributed by atoms with Gasteiger partial charge in [-0.2, -0.15) is 13.2 Å². The molecule has 0 radical (unpaired) electrons. The molecular formula is C14H11F3N2O2. The van der Waals surface area contributed by atoms with E-state index >= 15 is 0 Å². The van der Waals surface area contributed by atoms with E-state index in [9.17, 15) is 18.0 Å². The van der Waals surface area contributed by atoms with Gasteiger partial charge in [0.25, 0.3) is 0 Å². The predicted molar refractivity (Wildman–Crippen MR) is 70.0 cm³/mol. The zero-order valence-corrected chi connectivity index (χ0v) is 10.7. The fourth-order valence-electron chi connectivity index (χ4n) is 1.86. The van der Waals surface area contributed by atoms with Crippen LogP contribution in [-0.4, -0.2) is 16.1 Å². The van der Waals surface area contributed by atoms with Gasteiger partial charge < -0.3 is 10.4 Å². The van der Waals surface area contributed by atoms with Gasteiger partial charge in [-0.25, -0.2) is 4.79 Å². The summed E-state index contributed by atoms with van der Waals surface area (Å²) >= 11 is 0. The second-order valence-corrected chi connectivity index (χ2v) is 4.23. The maximum Gasteiger partial charge on any atom is 0.416 e. The fourth-order valence-corrected chi connectivity index (χ4v) is 1.86. The van der Waals surface area contributed by atoms with Gasteiger partial charge in [0.1, 0.15) is 5.56 Å². The molecule has 0 saturated carbocycles. The molecule has 21 heavy (non-hydrogen) atoms. The fraction of sp³-hybridized carbons (Fsp3) is 0.143. The Kier molecular flexibility index (Phi) is 4.11. The highest BCUT2D eigenvalue weighted by Gasteiger charge is 2.32. The summed E-state index contributed by atoms with van der Waals surface area (Å²) in [6.45, 7) is -0.139. The second-order valence-electron chi connectivity index (χ2n) is 4.23. The standard InChI is InChI=1S/C14H11F3N2O2/c15-14(16,17)11-4-2-1-3-9(11)7-19-12-5-6-18-8-10(12)13(20)21/h1-6,8H,7H2,(H,18,19)(H,20,21). The highest BCUT2D eigenvalue weighted by atomic mass is 19.4. The Morgan fingerprint density at radius 3 is 2.62 bits per heavy atom. The Morgan fingerprint density at radius 1 is 1.24 bits per heavy atom. The van der Waals surface area contributed by atoms with Gasteiger partial charge in [-0.05, 0) is 17.7 Å². The van der Waals surface area contributed by atoms with Gasteiger partial charge in [-0.1, -0.05) is 18.2 Å². The first-order valence-corrected chi connectivity index (χ1v) is 5.96. The van der Waals surface area contributed by atoms with Gasteiger partial charge in [-0.15, -0.1) is 0 Å². The van der Waals surface area contributed by atoms with Gasteiger partial charge in [0.05, 0.1) is 11.3 Å². The molecule has 2 N–H and O–H groups in total. The minimum absolute atomic E-state index is 0.0400. The Bertz CT molecular complexity index is 657.